The molecule has 0 spiro atoms. The zero-order valence-electron chi connectivity index (χ0n) is 69.0. The predicted octanol–water partition coefficient (Wildman–Crippen LogP) is 22.8. The van der Waals surface area contributed by atoms with Gasteiger partial charge in [0.2, 0.25) is 35.4 Å². The molecule has 1 aliphatic carbocycles. The Morgan fingerprint density at radius 2 is 0.633 bits per heavy atom. The lowest BCUT2D eigenvalue weighted by molar-refractivity contribution is -0.122. The van der Waals surface area contributed by atoms with Crippen LogP contribution in [0.5, 0.6) is 0 Å². The van der Waals surface area contributed by atoms with Crippen LogP contribution in [0.3, 0.4) is 0 Å². The van der Waals surface area contributed by atoms with E-state index in [2.05, 4.69) is 62.5 Å². The van der Waals surface area contributed by atoms with Crippen molar-refractivity contribution in [1.29, 1.82) is 0 Å². The molecule has 0 bridgehead atoms. The summed E-state index contributed by atoms with van der Waals surface area (Å²) in [5.41, 5.74) is 0. The van der Waals surface area contributed by atoms with Crippen LogP contribution in [0.2, 0.25) is 0 Å². The smallest absolute Gasteiger partial charge is 0.220 e. The van der Waals surface area contributed by atoms with Gasteiger partial charge in [-0.05, 0) is 246 Å². The maximum Gasteiger partial charge on any atom is 0.220 e. The minimum atomic E-state index is 0.207. The van der Waals surface area contributed by atoms with E-state index < -0.39 is 0 Å². The highest BCUT2D eigenvalue weighted by Gasteiger charge is 2.23. The van der Waals surface area contributed by atoms with E-state index in [1.807, 2.05) is 143 Å². The molecule has 9 aliphatic rings. The number of likely N-dealkylation sites (tertiary alicyclic amines) is 2. The van der Waals surface area contributed by atoms with Crippen molar-refractivity contribution in [3.05, 3.63) is 0 Å². The maximum atomic E-state index is 11.8. The van der Waals surface area contributed by atoms with E-state index in [1.54, 1.807) is 0 Å². The van der Waals surface area contributed by atoms with E-state index >= 15 is 0 Å². The molecule has 1 saturated carbocycles. The summed E-state index contributed by atoms with van der Waals surface area (Å²) < 4.78 is 0. The lowest BCUT2D eigenvalue weighted by atomic mass is 10.1. The van der Waals surface area contributed by atoms with Crippen molar-refractivity contribution < 1.29 is 28.8 Å². The van der Waals surface area contributed by atoms with Gasteiger partial charge in [0.25, 0.3) is 0 Å². The Kier molecular flexibility index (Phi) is 67.4. The number of carbonyl (C=O) groups is 6. The van der Waals surface area contributed by atoms with E-state index in [0.717, 1.165) is 148 Å². The van der Waals surface area contributed by atoms with Gasteiger partial charge in [0.15, 0.2) is 0 Å². The molecule has 8 saturated heterocycles. The summed E-state index contributed by atoms with van der Waals surface area (Å²) >= 11 is 0. The predicted molar refractivity (Wildman–Crippen MR) is 501 cm³/mol. The lowest BCUT2D eigenvalue weighted by Gasteiger charge is -2.26. The van der Waals surface area contributed by atoms with E-state index in [-0.39, 0.29) is 41.5 Å². The van der Waals surface area contributed by atoms with E-state index in [1.165, 1.54) is 266 Å². The monoisotopic (exact) mass is 1740 g/mol. The number of hydrogen-bond donors (Lipinski definition) is 6. The van der Waals surface area contributed by atoms with Crippen LogP contribution in [-0.4, -0.2) is 188 Å². The number of amides is 6. The average Bonchev–Trinajstić information content (AvgIpc) is 1.95. The van der Waals surface area contributed by atoms with Gasteiger partial charge in [0, 0.05) is 142 Å². The van der Waals surface area contributed by atoms with Crippen molar-refractivity contribution in [2.24, 2.45) is 0 Å². The highest BCUT2D eigenvalue weighted by Crippen LogP contribution is 2.44. The summed E-state index contributed by atoms with van der Waals surface area (Å²) in [6, 6.07) is 1.11. The van der Waals surface area contributed by atoms with E-state index in [0.29, 0.717) is 31.3 Å². The second-order valence-electron chi connectivity index (χ2n) is 31.6. The van der Waals surface area contributed by atoms with Crippen molar-refractivity contribution in [1.82, 2.24) is 41.7 Å². The number of nitrogens with zero attached hydrogens (tertiary/aromatic N) is 2. The first-order valence-electron chi connectivity index (χ1n) is 44.1. The SMILES string of the molecule is CC(C)NC(=O)CCCC[C@@H]1CCSS1.CCCC(C)NC(=O)CCCC[C@@H]1CCSS1.CCCCCNC(=O)CCCC[C@@H]1CCSS1.O=C(CCCC[C@@H]1CCSS1)NC1CCCC1.O=C(CCCC[C@@H]1CCSS1)NCCCCN1CCCCC1.O=C(CCCC[C@@H]1CCSS1)NCCCN1CCCCC1. The zero-order valence-corrected chi connectivity index (χ0v) is 78.8. The van der Waals surface area contributed by atoms with Gasteiger partial charge in [-0.1, -0.05) is 227 Å². The van der Waals surface area contributed by atoms with Gasteiger partial charge in [-0.2, -0.15) is 0 Å². The highest BCUT2D eigenvalue weighted by molar-refractivity contribution is 8.78. The molecule has 6 N–H and O–H groups in total. The molecule has 8 heterocycles. The number of carbonyl (C=O) groups excluding carboxylic acids is 6. The second-order valence-corrected chi connectivity index (χ2v) is 48.3. The molecule has 109 heavy (non-hydrogen) atoms. The van der Waals surface area contributed by atoms with Crippen LogP contribution in [0.1, 0.15) is 343 Å². The maximum absolute atomic E-state index is 11.8. The Morgan fingerprint density at radius 1 is 0.321 bits per heavy atom. The number of nitrogens with one attached hydrogen (secondary N) is 6. The van der Waals surface area contributed by atoms with Crippen LogP contribution < -0.4 is 31.9 Å². The van der Waals surface area contributed by atoms with Gasteiger partial charge in [0.05, 0.1) is 0 Å². The first-order chi connectivity index (χ1) is 53.3. The molecule has 0 aromatic rings. The topological polar surface area (TPSA) is 181 Å². The minimum Gasteiger partial charge on any atom is -0.356 e. The van der Waals surface area contributed by atoms with Crippen LogP contribution in [0.15, 0.2) is 0 Å². The Labute approximate surface area is 714 Å². The van der Waals surface area contributed by atoms with Crippen LogP contribution in [0.4, 0.5) is 0 Å². The summed E-state index contributed by atoms with van der Waals surface area (Å²) in [5.74, 6) is 9.35. The Hall–Kier alpha value is 0.940. The van der Waals surface area contributed by atoms with Crippen molar-refractivity contribution in [3.63, 3.8) is 0 Å². The van der Waals surface area contributed by atoms with Crippen molar-refractivity contribution in [2.45, 2.75) is 392 Å². The van der Waals surface area contributed by atoms with E-state index in [4.69, 9.17) is 0 Å². The van der Waals surface area contributed by atoms with Crippen LogP contribution in [0.25, 0.3) is 0 Å². The summed E-state index contributed by atoms with van der Waals surface area (Å²) in [4.78, 5) is 74.7. The van der Waals surface area contributed by atoms with Crippen LogP contribution in [0, 0.1) is 0 Å². The fourth-order valence-electron chi connectivity index (χ4n) is 14.4. The quantitative estimate of drug-likeness (QED) is 0.0250. The summed E-state index contributed by atoms with van der Waals surface area (Å²) in [6.45, 7) is 20.5. The summed E-state index contributed by atoms with van der Waals surface area (Å²) in [5, 5.41) is 23.4. The minimum absolute atomic E-state index is 0.207. The number of piperidine rings is 2. The number of unbranched alkanes of at least 4 members (excludes halogenated alkanes) is 9. The lowest BCUT2D eigenvalue weighted by Crippen LogP contribution is -2.33. The summed E-state index contributed by atoms with van der Waals surface area (Å²) in [7, 11) is 24.2. The Bertz CT molecular complexity index is 2210. The van der Waals surface area contributed by atoms with Gasteiger partial charge in [-0.25, -0.2) is 0 Å². The molecule has 7 atom stereocenters. The molecule has 14 nitrogen and oxygen atoms in total. The molecule has 9 fully saturated rings. The van der Waals surface area contributed by atoms with E-state index in [9.17, 15) is 28.8 Å². The number of hydrogen-bond acceptors (Lipinski definition) is 20. The third-order valence-electron chi connectivity index (χ3n) is 20.9. The largest absolute Gasteiger partial charge is 0.356 e. The number of rotatable bonds is 48. The van der Waals surface area contributed by atoms with Gasteiger partial charge in [-0.3, -0.25) is 28.8 Å². The molecule has 1 unspecified atom stereocenters. The van der Waals surface area contributed by atoms with Gasteiger partial charge in [-0.15, -0.1) is 0 Å². The third kappa shape index (κ3) is 60.1. The first-order valence-corrected chi connectivity index (χ1v) is 58.4. The molecule has 6 amide bonds. The Morgan fingerprint density at radius 3 is 0.954 bits per heavy atom. The molecular weight excluding hydrogens is 1590 g/mol. The van der Waals surface area contributed by atoms with Crippen molar-refractivity contribution in [3.8, 4) is 0 Å². The summed E-state index contributed by atoms with van der Waals surface area (Å²) in [6.07, 6.45) is 56.2. The fraction of sp³-hybridized carbons (Fsp3) is 0.928. The second kappa shape index (κ2) is 71.8. The average molecular weight is 1750 g/mol. The molecule has 636 valence electrons. The van der Waals surface area contributed by atoms with Gasteiger partial charge in [0.1, 0.15) is 0 Å². The normalized spacial score (nSPS) is 22.3. The first kappa shape index (κ1) is 102. The molecule has 26 heteroatoms. The molecule has 9 rings (SSSR count). The van der Waals surface area contributed by atoms with Crippen LogP contribution >= 0.6 is 130 Å². The molecule has 8 aliphatic heterocycles. The standard InChI is InChI=1S/C17H32N2OS2.C16H30N2OS2.C13H23NOS2.2C13H25NOS2.C11H21NOS2/c20-17(9-3-2-8-16-10-15-21-22-16)18-11-4-7-14-19-12-5-1-6-13-19;19-16(8-3-2-7-15-9-14-20-21-15)17-10-6-13-18-11-4-1-5-12-18;15-13(14-11-5-1-2-6-11)8-4-3-7-12-9-10-16-17-12;1-3-6-11(2)14-13(15)8-5-4-7-12-9-10-16-17-12;1-2-3-6-10-14-13(15)8-5-4-7-12-9-11-16-17-12;1-9(2)12-11(13)6-4-3-5-10-7-8-14-15-10/h16H,1-15H2,(H,18,20);15H,1-14H2,(H,17,19);11-12H,1-10H2,(H,14,15);11-12H,3-10H2,1-2H3,(H,14,15);12H,2-11H2,1H3,(H,14,15);9-10H,3-8H2,1-2H3,(H,12,13)/t16-;15-;12-;11?,12-;12-;10-/m111111/s1. The van der Waals surface area contributed by atoms with Gasteiger partial charge >= 0.3 is 0 Å². The Balaban J connectivity index is 0.000000278. The molecule has 0 aromatic carbocycles. The highest BCUT2D eigenvalue weighted by atomic mass is 33.1. The van der Waals surface area contributed by atoms with Crippen LogP contribution in [-0.2, 0) is 28.8 Å². The fourth-order valence-corrected chi connectivity index (χ4v) is 32.6. The third-order valence-corrected chi connectivity index (χ3v) is 39.0. The molecule has 0 radical (unpaired) electrons. The van der Waals surface area contributed by atoms with Crippen molar-refractivity contribution in [2.75, 3.05) is 93.4 Å². The van der Waals surface area contributed by atoms with Gasteiger partial charge < -0.3 is 41.7 Å². The zero-order chi connectivity index (χ0) is 78.1. The van der Waals surface area contributed by atoms with Crippen molar-refractivity contribution >= 4 is 165 Å². The molecule has 0 aromatic heterocycles. The molecular formula is C83H156N8O6S12.